The van der Waals surface area contributed by atoms with E-state index in [1.54, 1.807) is 5.32 Å². The van der Waals surface area contributed by atoms with Crippen molar-refractivity contribution in [3.8, 4) is 0 Å². The summed E-state index contributed by atoms with van der Waals surface area (Å²) in [5.41, 5.74) is 5.95. The van der Waals surface area contributed by atoms with Crippen LogP contribution in [0.4, 0.5) is 18.9 Å². The number of hydrogen-bond acceptors (Lipinski definition) is 2. The number of nitrogens with one attached hydrogen (secondary N) is 1. The van der Waals surface area contributed by atoms with Crippen molar-refractivity contribution >= 4 is 27.5 Å². The molecule has 3 nitrogen and oxygen atoms in total. The van der Waals surface area contributed by atoms with Gasteiger partial charge in [-0.1, -0.05) is 0 Å². The monoisotopic (exact) mass is 296 g/mol. The van der Waals surface area contributed by atoms with Crippen LogP contribution in [0.25, 0.3) is 0 Å². The zero-order chi connectivity index (χ0) is 12.3. The lowest BCUT2D eigenvalue weighted by atomic mass is 10.2. The Balaban J connectivity index is 2.74. The molecule has 0 atom stereocenters. The molecule has 0 fully saturated rings. The first kappa shape index (κ1) is 12.8. The van der Waals surface area contributed by atoms with Gasteiger partial charge in [-0.2, -0.15) is 13.2 Å². The molecule has 0 radical (unpaired) electrons. The molecule has 0 aliphatic heterocycles. The van der Waals surface area contributed by atoms with Crippen molar-refractivity contribution in [2.45, 2.75) is 6.18 Å². The summed E-state index contributed by atoms with van der Waals surface area (Å²) < 4.78 is 35.9. The molecule has 0 aromatic heterocycles. The zero-order valence-electron chi connectivity index (χ0n) is 7.94. The Morgan fingerprint density at radius 1 is 1.44 bits per heavy atom. The summed E-state index contributed by atoms with van der Waals surface area (Å²) in [7, 11) is 0. The van der Waals surface area contributed by atoms with E-state index in [1.165, 1.54) is 18.2 Å². The fourth-order valence-corrected chi connectivity index (χ4v) is 1.57. The number of nitrogens with two attached hydrogens (primary N) is 1. The molecule has 0 aliphatic rings. The van der Waals surface area contributed by atoms with Gasteiger partial charge in [0.1, 0.15) is 6.54 Å². The van der Waals surface area contributed by atoms with Crippen LogP contribution < -0.4 is 11.1 Å². The fourth-order valence-electron chi connectivity index (χ4n) is 0.991. The molecule has 1 amide bonds. The molecule has 0 unspecified atom stereocenters. The van der Waals surface area contributed by atoms with E-state index < -0.39 is 18.6 Å². The predicted octanol–water partition coefficient (Wildman–Crippen LogP) is 2.32. The molecule has 16 heavy (non-hydrogen) atoms. The van der Waals surface area contributed by atoms with Crippen LogP contribution in [0.1, 0.15) is 10.4 Å². The first-order valence-electron chi connectivity index (χ1n) is 4.19. The summed E-state index contributed by atoms with van der Waals surface area (Å²) in [6.07, 6.45) is -4.42. The van der Waals surface area contributed by atoms with Crippen LogP contribution in [-0.4, -0.2) is 18.6 Å². The van der Waals surface area contributed by atoms with Crippen LogP contribution in [0.3, 0.4) is 0 Å². The van der Waals surface area contributed by atoms with Gasteiger partial charge in [0.05, 0.1) is 5.56 Å². The smallest absolute Gasteiger partial charge is 0.399 e. The van der Waals surface area contributed by atoms with Gasteiger partial charge in [-0.3, -0.25) is 4.79 Å². The topological polar surface area (TPSA) is 55.1 Å². The summed E-state index contributed by atoms with van der Waals surface area (Å²) in [6, 6.07) is 4.24. The first-order chi connectivity index (χ1) is 7.29. The Morgan fingerprint density at radius 3 is 2.56 bits per heavy atom. The Hall–Kier alpha value is -1.24. The molecule has 0 saturated heterocycles. The normalized spacial score (nSPS) is 11.2. The summed E-state index contributed by atoms with van der Waals surface area (Å²) in [6.45, 7) is -1.36. The van der Waals surface area contributed by atoms with Gasteiger partial charge in [-0.25, -0.2) is 0 Å². The summed E-state index contributed by atoms with van der Waals surface area (Å²) >= 11 is 3.05. The Morgan fingerprint density at radius 2 is 2.06 bits per heavy atom. The minimum atomic E-state index is -4.42. The molecule has 0 spiro atoms. The molecular weight excluding hydrogens is 289 g/mol. The number of amides is 1. The summed E-state index contributed by atoms with van der Waals surface area (Å²) in [5, 5.41) is 1.76. The second kappa shape index (κ2) is 4.73. The first-order valence-corrected chi connectivity index (χ1v) is 4.99. The Kier molecular flexibility index (Phi) is 3.79. The second-order valence-electron chi connectivity index (χ2n) is 3.04. The van der Waals surface area contributed by atoms with Crippen molar-refractivity contribution < 1.29 is 18.0 Å². The quantitative estimate of drug-likeness (QED) is 0.823. The number of carbonyl (C=O) groups excluding carboxylic acids is 1. The highest BCUT2D eigenvalue weighted by Gasteiger charge is 2.28. The Labute approximate surface area is 97.9 Å². The number of rotatable bonds is 2. The average Bonchev–Trinajstić information content (AvgIpc) is 2.13. The highest BCUT2D eigenvalue weighted by molar-refractivity contribution is 9.10. The maximum Gasteiger partial charge on any atom is 0.405 e. The maximum absolute atomic E-state index is 11.8. The summed E-state index contributed by atoms with van der Waals surface area (Å²) in [5.74, 6) is -0.802. The van der Waals surface area contributed by atoms with Gasteiger partial charge in [-0.15, -0.1) is 0 Å². The van der Waals surface area contributed by atoms with E-state index in [4.69, 9.17) is 5.73 Å². The van der Waals surface area contributed by atoms with Gasteiger partial charge in [0.2, 0.25) is 0 Å². The van der Waals surface area contributed by atoms with Gasteiger partial charge in [0, 0.05) is 10.2 Å². The van der Waals surface area contributed by atoms with E-state index in [1.807, 2.05) is 0 Å². The lowest BCUT2D eigenvalue weighted by Gasteiger charge is -2.09. The highest BCUT2D eigenvalue weighted by Crippen LogP contribution is 2.20. The van der Waals surface area contributed by atoms with Gasteiger partial charge < -0.3 is 11.1 Å². The number of hydrogen-bond donors (Lipinski definition) is 2. The van der Waals surface area contributed by atoms with Crippen LogP contribution in [-0.2, 0) is 0 Å². The molecule has 0 heterocycles. The van der Waals surface area contributed by atoms with Crippen LogP contribution in [0, 0.1) is 0 Å². The van der Waals surface area contributed by atoms with E-state index in [9.17, 15) is 18.0 Å². The maximum atomic E-state index is 11.8. The van der Waals surface area contributed by atoms with E-state index >= 15 is 0 Å². The van der Waals surface area contributed by atoms with Crippen molar-refractivity contribution in [1.29, 1.82) is 0 Å². The molecule has 0 bridgehead atoms. The van der Waals surface area contributed by atoms with Gasteiger partial charge in [0.15, 0.2) is 0 Å². The van der Waals surface area contributed by atoms with E-state index in [0.29, 0.717) is 10.2 Å². The molecule has 1 rings (SSSR count). The zero-order valence-corrected chi connectivity index (χ0v) is 9.52. The van der Waals surface area contributed by atoms with Crippen LogP contribution in [0.5, 0.6) is 0 Å². The van der Waals surface area contributed by atoms with Crippen molar-refractivity contribution in [3.63, 3.8) is 0 Å². The van der Waals surface area contributed by atoms with Crippen molar-refractivity contribution in [1.82, 2.24) is 5.32 Å². The average molecular weight is 297 g/mol. The minimum absolute atomic E-state index is 0.110. The standard InChI is InChI=1S/C9H8BrF3N2O/c10-7-3-5(14)1-2-6(7)8(16)15-4-9(11,12)13/h1-3H,4,14H2,(H,15,16). The third kappa shape index (κ3) is 3.73. The molecule has 1 aromatic rings. The predicted molar refractivity (Wildman–Crippen MR) is 56.9 cm³/mol. The number of alkyl halides is 3. The number of anilines is 1. The Bertz CT molecular complexity index is 406. The van der Waals surface area contributed by atoms with Crippen molar-refractivity contribution in [3.05, 3.63) is 28.2 Å². The third-order valence-electron chi connectivity index (χ3n) is 1.69. The lowest BCUT2D eigenvalue weighted by Crippen LogP contribution is -2.33. The number of nitrogen functional groups attached to an aromatic ring is 1. The van der Waals surface area contributed by atoms with Crippen LogP contribution in [0.2, 0.25) is 0 Å². The summed E-state index contributed by atoms with van der Waals surface area (Å²) in [4.78, 5) is 11.3. The van der Waals surface area contributed by atoms with E-state index in [-0.39, 0.29) is 5.56 Å². The van der Waals surface area contributed by atoms with Crippen molar-refractivity contribution in [2.24, 2.45) is 0 Å². The van der Waals surface area contributed by atoms with Crippen LogP contribution in [0.15, 0.2) is 22.7 Å². The third-order valence-corrected chi connectivity index (χ3v) is 2.34. The van der Waals surface area contributed by atoms with E-state index in [0.717, 1.165) is 0 Å². The molecule has 88 valence electrons. The van der Waals surface area contributed by atoms with Gasteiger partial charge >= 0.3 is 6.18 Å². The van der Waals surface area contributed by atoms with Crippen molar-refractivity contribution in [2.75, 3.05) is 12.3 Å². The molecule has 0 aliphatic carbocycles. The fraction of sp³-hybridized carbons (Fsp3) is 0.222. The van der Waals surface area contributed by atoms with Gasteiger partial charge in [-0.05, 0) is 34.1 Å². The molecular formula is C9H8BrF3N2O. The molecule has 7 heteroatoms. The SMILES string of the molecule is Nc1ccc(C(=O)NCC(F)(F)F)c(Br)c1. The molecule has 1 aromatic carbocycles. The van der Waals surface area contributed by atoms with E-state index in [2.05, 4.69) is 15.9 Å². The minimum Gasteiger partial charge on any atom is -0.399 e. The lowest BCUT2D eigenvalue weighted by molar-refractivity contribution is -0.123. The molecule has 0 saturated carbocycles. The highest BCUT2D eigenvalue weighted by atomic mass is 79.9. The van der Waals surface area contributed by atoms with Gasteiger partial charge in [0.25, 0.3) is 5.91 Å². The second-order valence-corrected chi connectivity index (χ2v) is 3.89. The largest absolute Gasteiger partial charge is 0.405 e. The number of carbonyl (C=O) groups is 1. The number of halogens is 4. The number of benzene rings is 1. The van der Waals surface area contributed by atoms with Crippen LogP contribution >= 0.6 is 15.9 Å². The molecule has 3 N–H and O–H groups in total.